The van der Waals surface area contributed by atoms with Crippen molar-refractivity contribution < 1.29 is 9.53 Å². The van der Waals surface area contributed by atoms with E-state index in [0.29, 0.717) is 12.5 Å². The summed E-state index contributed by atoms with van der Waals surface area (Å²) in [5.74, 6) is 0.267. The molecule has 4 nitrogen and oxygen atoms in total. The molecule has 3 heterocycles. The first-order chi connectivity index (χ1) is 10.2. The molecule has 3 saturated heterocycles. The van der Waals surface area contributed by atoms with Crippen molar-refractivity contribution in [1.29, 1.82) is 0 Å². The molecule has 21 heavy (non-hydrogen) atoms. The molecule has 3 aliphatic heterocycles. The first-order valence-corrected chi connectivity index (χ1v) is 7.89. The van der Waals surface area contributed by atoms with Crippen molar-refractivity contribution in [2.24, 2.45) is 5.92 Å². The number of hydrogen-bond acceptors (Lipinski definition) is 4. The van der Waals surface area contributed by atoms with Crippen LogP contribution in [0, 0.1) is 12.8 Å². The number of ether oxygens (including phenoxy) is 1. The molecule has 1 aromatic carbocycles. The summed E-state index contributed by atoms with van der Waals surface area (Å²) in [6, 6.07) is 8.15. The average molecular weight is 288 g/mol. The highest BCUT2D eigenvalue weighted by Crippen LogP contribution is 2.39. The summed E-state index contributed by atoms with van der Waals surface area (Å²) in [7, 11) is 0. The minimum atomic E-state index is -0.585. The third-order valence-corrected chi connectivity index (χ3v) is 4.90. The molecule has 0 spiro atoms. The molecular formula is C17H24N2O2. The lowest BCUT2D eigenvalue weighted by atomic mass is 9.72. The Balaban J connectivity index is 1.93. The van der Waals surface area contributed by atoms with Gasteiger partial charge in [-0.25, -0.2) is 4.79 Å². The van der Waals surface area contributed by atoms with Crippen LogP contribution in [-0.2, 0) is 9.53 Å². The van der Waals surface area contributed by atoms with Gasteiger partial charge in [0, 0.05) is 12.2 Å². The summed E-state index contributed by atoms with van der Waals surface area (Å²) >= 11 is 0. The molecule has 3 fully saturated rings. The SMILES string of the molecule is CCOC(=O)C1(Nc2ccccc2C)CN2CCC1CC2. The molecule has 1 unspecified atom stereocenters. The summed E-state index contributed by atoms with van der Waals surface area (Å²) in [5.41, 5.74) is 1.62. The molecule has 0 amide bonds. The number of nitrogens with one attached hydrogen (secondary N) is 1. The zero-order chi connectivity index (χ0) is 14.9. The second kappa shape index (κ2) is 5.68. The van der Waals surface area contributed by atoms with Crippen LogP contribution in [0.2, 0.25) is 0 Å². The molecule has 1 N–H and O–H groups in total. The number of aryl methyl sites for hydroxylation is 1. The van der Waals surface area contributed by atoms with Crippen molar-refractivity contribution in [2.75, 3.05) is 31.6 Å². The Kier molecular flexibility index (Phi) is 3.89. The number of esters is 1. The number of piperidine rings is 3. The topological polar surface area (TPSA) is 41.6 Å². The van der Waals surface area contributed by atoms with E-state index in [0.717, 1.165) is 43.7 Å². The van der Waals surface area contributed by atoms with Crippen molar-refractivity contribution in [3.63, 3.8) is 0 Å². The largest absolute Gasteiger partial charge is 0.464 e. The molecule has 0 aromatic heterocycles. The van der Waals surface area contributed by atoms with Gasteiger partial charge < -0.3 is 15.0 Å². The van der Waals surface area contributed by atoms with Gasteiger partial charge in [0.2, 0.25) is 0 Å². The smallest absolute Gasteiger partial charge is 0.333 e. The number of hydrogen-bond donors (Lipinski definition) is 1. The van der Waals surface area contributed by atoms with Crippen LogP contribution in [0.25, 0.3) is 0 Å². The Morgan fingerprint density at radius 3 is 2.67 bits per heavy atom. The van der Waals surface area contributed by atoms with Crippen molar-refractivity contribution in [3.8, 4) is 0 Å². The van der Waals surface area contributed by atoms with E-state index in [9.17, 15) is 4.79 Å². The Labute approximate surface area is 126 Å². The lowest BCUT2D eigenvalue weighted by Crippen LogP contribution is -2.67. The van der Waals surface area contributed by atoms with E-state index in [1.165, 1.54) is 0 Å². The van der Waals surface area contributed by atoms with Crippen LogP contribution in [-0.4, -0.2) is 42.6 Å². The van der Waals surface area contributed by atoms with Gasteiger partial charge in [-0.05, 0) is 57.3 Å². The van der Waals surface area contributed by atoms with Crippen molar-refractivity contribution in [3.05, 3.63) is 29.8 Å². The number of anilines is 1. The Bertz CT molecular complexity index is 523. The molecular weight excluding hydrogens is 264 g/mol. The minimum absolute atomic E-state index is 0.0948. The molecule has 4 rings (SSSR count). The first-order valence-electron chi connectivity index (χ1n) is 7.89. The standard InChI is InChI=1S/C17H24N2O2/c1-3-21-16(20)17(12-19-10-8-14(17)9-11-19)18-15-7-5-4-6-13(15)2/h4-7,14,18H,3,8-12H2,1-2H3. The van der Waals surface area contributed by atoms with Crippen molar-refractivity contribution in [1.82, 2.24) is 4.90 Å². The number of nitrogens with zero attached hydrogens (tertiary/aromatic N) is 1. The van der Waals surface area contributed by atoms with Crippen LogP contribution in [0.1, 0.15) is 25.3 Å². The van der Waals surface area contributed by atoms with Gasteiger partial charge in [-0.15, -0.1) is 0 Å². The highest BCUT2D eigenvalue weighted by molar-refractivity contribution is 5.86. The summed E-state index contributed by atoms with van der Waals surface area (Å²) in [5, 5.41) is 3.56. The molecule has 1 aromatic rings. The fourth-order valence-electron chi connectivity index (χ4n) is 3.70. The summed E-state index contributed by atoms with van der Waals surface area (Å²) in [4.78, 5) is 15.1. The Morgan fingerprint density at radius 1 is 1.38 bits per heavy atom. The first kappa shape index (κ1) is 14.4. The summed E-state index contributed by atoms with van der Waals surface area (Å²) in [6.07, 6.45) is 2.13. The molecule has 114 valence electrons. The Morgan fingerprint density at radius 2 is 2.10 bits per heavy atom. The maximum atomic E-state index is 12.7. The van der Waals surface area contributed by atoms with Gasteiger partial charge in [0.15, 0.2) is 5.54 Å². The molecule has 0 saturated carbocycles. The zero-order valence-corrected chi connectivity index (χ0v) is 12.9. The Hall–Kier alpha value is -1.55. The maximum absolute atomic E-state index is 12.7. The lowest BCUT2D eigenvalue weighted by molar-refractivity contribution is -0.155. The van der Waals surface area contributed by atoms with Crippen molar-refractivity contribution >= 4 is 11.7 Å². The quantitative estimate of drug-likeness (QED) is 0.864. The molecule has 4 heteroatoms. The number of para-hydroxylation sites is 1. The van der Waals surface area contributed by atoms with Gasteiger partial charge in [-0.1, -0.05) is 18.2 Å². The predicted molar refractivity (Wildman–Crippen MR) is 83.3 cm³/mol. The van der Waals surface area contributed by atoms with Gasteiger partial charge in [0.05, 0.1) is 6.61 Å². The normalized spacial score (nSPS) is 31.0. The summed E-state index contributed by atoms with van der Waals surface area (Å²) in [6.45, 7) is 7.33. The molecule has 2 bridgehead atoms. The van der Waals surface area contributed by atoms with Crippen LogP contribution >= 0.6 is 0 Å². The molecule has 0 aliphatic carbocycles. The van der Waals surface area contributed by atoms with E-state index in [4.69, 9.17) is 4.74 Å². The van der Waals surface area contributed by atoms with Gasteiger partial charge in [0.1, 0.15) is 0 Å². The van der Waals surface area contributed by atoms with Crippen LogP contribution in [0.5, 0.6) is 0 Å². The van der Waals surface area contributed by atoms with E-state index >= 15 is 0 Å². The summed E-state index contributed by atoms with van der Waals surface area (Å²) < 4.78 is 5.42. The number of benzene rings is 1. The van der Waals surface area contributed by atoms with Gasteiger partial charge in [0.25, 0.3) is 0 Å². The number of carbonyl (C=O) groups excluding carboxylic acids is 1. The van der Waals surface area contributed by atoms with Crippen LogP contribution in [0.3, 0.4) is 0 Å². The van der Waals surface area contributed by atoms with E-state index in [-0.39, 0.29) is 5.97 Å². The van der Waals surface area contributed by atoms with Crippen molar-refractivity contribution in [2.45, 2.75) is 32.2 Å². The van der Waals surface area contributed by atoms with Gasteiger partial charge >= 0.3 is 5.97 Å². The zero-order valence-electron chi connectivity index (χ0n) is 12.9. The average Bonchev–Trinajstić information content (AvgIpc) is 2.51. The van der Waals surface area contributed by atoms with Gasteiger partial charge in [-0.3, -0.25) is 0 Å². The second-order valence-corrected chi connectivity index (χ2v) is 6.18. The van der Waals surface area contributed by atoms with Crippen LogP contribution in [0.4, 0.5) is 5.69 Å². The molecule has 3 aliphatic rings. The highest BCUT2D eigenvalue weighted by atomic mass is 16.5. The number of carbonyl (C=O) groups is 1. The van der Waals surface area contributed by atoms with E-state index < -0.39 is 5.54 Å². The van der Waals surface area contributed by atoms with Gasteiger partial charge in [-0.2, -0.15) is 0 Å². The van der Waals surface area contributed by atoms with Crippen LogP contribution in [0.15, 0.2) is 24.3 Å². The second-order valence-electron chi connectivity index (χ2n) is 6.18. The highest BCUT2D eigenvalue weighted by Gasteiger charge is 2.53. The van der Waals surface area contributed by atoms with Crippen LogP contribution < -0.4 is 5.32 Å². The minimum Gasteiger partial charge on any atom is -0.464 e. The molecule has 1 atom stereocenters. The van der Waals surface area contributed by atoms with E-state index in [2.05, 4.69) is 23.2 Å². The predicted octanol–water partition coefficient (Wildman–Crippen LogP) is 2.43. The van der Waals surface area contributed by atoms with E-state index in [1.54, 1.807) is 0 Å². The molecule has 0 radical (unpaired) electrons. The number of fused-ring (bicyclic) bond motifs is 3. The van der Waals surface area contributed by atoms with E-state index in [1.807, 2.05) is 25.1 Å². The third kappa shape index (κ3) is 2.53. The third-order valence-electron chi connectivity index (χ3n) is 4.90. The maximum Gasteiger partial charge on any atom is 0.333 e. The fraction of sp³-hybridized carbons (Fsp3) is 0.588. The lowest BCUT2D eigenvalue weighted by Gasteiger charge is -2.52. The monoisotopic (exact) mass is 288 g/mol. The fourth-order valence-corrected chi connectivity index (χ4v) is 3.70. The number of rotatable bonds is 4.